The Morgan fingerprint density at radius 3 is 2.31 bits per heavy atom. The zero-order valence-electron chi connectivity index (χ0n) is 10.6. The van der Waals surface area contributed by atoms with Crippen molar-refractivity contribution in [3.05, 3.63) is 0 Å². The molecule has 0 aliphatic carbocycles. The molecule has 1 N–H and O–H groups in total. The molecule has 4 nitrogen and oxygen atoms in total. The first kappa shape index (κ1) is 13.4. The Hall–Kier alpha value is -0.630. The van der Waals surface area contributed by atoms with E-state index in [2.05, 4.69) is 15.9 Å². The van der Waals surface area contributed by atoms with Gasteiger partial charge in [0.2, 0.25) is 0 Å². The second kappa shape index (κ2) is 5.62. The summed E-state index contributed by atoms with van der Waals surface area (Å²) in [5.41, 5.74) is -0.366. The first-order valence-electron chi connectivity index (χ1n) is 6.06. The fourth-order valence-electron chi connectivity index (χ4n) is 1.99. The molecule has 1 heterocycles. The first-order valence-corrected chi connectivity index (χ1v) is 6.06. The molecular formula is C12H23N3O. The fraction of sp³-hybridized carbons (Fsp3) is 0.917. The third-order valence-corrected chi connectivity index (χ3v) is 3.38. The highest BCUT2D eigenvalue weighted by Crippen LogP contribution is 2.16. The van der Waals surface area contributed by atoms with Crippen molar-refractivity contribution in [3.8, 4) is 6.07 Å². The van der Waals surface area contributed by atoms with Crippen molar-refractivity contribution < 1.29 is 5.11 Å². The van der Waals surface area contributed by atoms with Crippen LogP contribution in [0.4, 0.5) is 0 Å². The lowest BCUT2D eigenvalue weighted by Gasteiger charge is -2.40. The van der Waals surface area contributed by atoms with Crippen LogP contribution < -0.4 is 0 Å². The molecule has 0 radical (unpaired) electrons. The van der Waals surface area contributed by atoms with Crippen molar-refractivity contribution in [2.45, 2.75) is 38.8 Å². The molecule has 1 aliphatic heterocycles. The van der Waals surface area contributed by atoms with E-state index >= 15 is 0 Å². The van der Waals surface area contributed by atoms with Gasteiger partial charge in [0, 0.05) is 32.7 Å². The van der Waals surface area contributed by atoms with Gasteiger partial charge in [-0.15, -0.1) is 0 Å². The fourth-order valence-corrected chi connectivity index (χ4v) is 1.99. The number of hydrogen-bond donors (Lipinski definition) is 1. The van der Waals surface area contributed by atoms with Crippen molar-refractivity contribution in [1.29, 1.82) is 5.26 Å². The van der Waals surface area contributed by atoms with Gasteiger partial charge in [-0.3, -0.25) is 9.80 Å². The molecule has 0 saturated carbocycles. The summed E-state index contributed by atoms with van der Waals surface area (Å²) in [6.45, 7) is 10.4. The molecule has 0 bridgehead atoms. The SMILES string of the molecule is CCC(O)CN1CCN(C(C)(C)C#N)CC1. The zero-order valence-corrected chi connectivity index (χ0v) is 10.6. The molecule has 1 rings (SSSR count). The van der Waals surface area contributed by atoms with E-state index in [1.807, 2.05) is 20.8 Å². The van der Waals surface area contributed by atoms with Gasteiger partial charge in [-0.25, -0.2) is 0 Å². The van der Waals surface area contributed by atoms with E-state index in [1.54, 1.807) is 0 Å². The van der Waals surface area contributed by atoms with Crippen molar-refractivity contribution in [1.82, 2.24) is 9.80 Å². The number of hydrogen-bond acceptors (Lipinski definition) is 4. The van der Waals surface area contributed by atoms with Crippen LogP contribution in [0.5, 0.6) is 0 Å². The van der Waals surface area contributed by atoms with Crippen LogP contribution in [-0.4, -0.2) is 59.3 Å². The van der Waals surface area contributed by atoms with Crippen LogP contribution in [0.3, 0.4) is 0 Å². The van der Waals surface area contributed by atoms with Crippen LogP contribution in [0.25, 0.3) is 0 Å². The normalized spacial score (nSPS) is 21.7. The first-order chi connectivity index (χ1) is 7.49. The van der Waals surface area contributed by atoms with Gasteiger partial charge in [0.25, 0.3) is 0 Å². The highest BCUT2D eigenvalue weighted by Gasteiger charge is 2.29. The van der Waals surface area contributed by atoms with Crippen LogP contribution in [0.1, 0.15) is 27.2 Å². The predicted molar refractivity (Wildman–Crippen MR) is 64.0 cm³/mol. The van der Waals surface area contributed by atoms with Gasteiger partial charge >= 0.3 is 0 Å². The van der Waals surface area contributed by atoms with Crippen LogP contribution in [0.2, 0.25) is 0 Å². The van der Waals surface area contributed by atoms with E-state index in [-0.39, 0.29) is 11.6 Å². The number of rotatable bonds is 4. The summed E-state index contributed by atoms with van der Waals surface area (Å²) >= 11 is 0. The second-order valence-corrected chi connectivity index (χ2v) is 5.02. The predicted octanol–water partition coefficient (Wildman–Crippen LogP) is 0.677. The molecule has 0 amide bonds. The molecule has 1 atom stereocenters. The summed E-state index contributed by atoms with van der Waals surface area (Å²) < 4.78 is 0. The molecule has 0 aromatic rings. The number of aliphatic hydroxyl groups is 1. The smallest absolute Gasteiger partial charge is 0.103 e. The number of β-amino-alcohol motifs (C(OH)–C–C–N with tert-alkyl or cyclic N) is 1. The number of nitriles is 1. The van der Waals surface area contributed by atoms with Gasteiger partial charge in [-0.05, 0) is 20.3 Å². The zero-order chi connectivity index (χ0) is 12.2. The molecule has 16 heavy (non-hydrogen) atoms. The monoisotopic (exact) mass is 225 g/mol. The van der Waals surface area contributed by atoms with Gasteiger partial charge in [-0.2, -0.15) is 5.26 Å². The Bertz CT molecular complexity index is 251. The molecule has 0 aromatic carbocycles. The van der Waals surface area contributed by atoms with Crippen LogP contribution >= 0.6 is 0 Å². The highest BCUT2D eigenvalue weighted by molar-refractivity contribution is 5.02. The summed E-state index contributed by atoms with van der Waals surface area (Å²) in [4.78, 5) is 4.49. The Labute approximate surface area is 98.5 Å². The molecule has 0 spiro atoms. The lowest BCUT2D eigenvalue weighted by molar-refractivity contribution is 0.0464. The minimum Gasteiger partial charge on any atom is -0.392 e. The largest absolute Gasteiger partial charge is 0.392 e. The maximum absolute atomic E-state index is 9.57. The summed E-state index contributed by atoms with van der Waals surface area (Å²) in [7, 11) is 0. The molecule has 92 valence electrons. The van der Waals surface area contributed by atoms with Crippen LogP contribution in [0.15, 0.2) is 0 Å². The van der Waals surface area contributed by atoms with Gasteiger partial charge < -0.3 is 5.11 Å². The van der Waals surface area contributed by atoms with E-state index in [4.69, 9.17) is 5.26 Å². The maximum Gasteiger partial charge on any atom is 0.103 e. The molecule has 1 aliphatic rings. The van der Waals surface area contributed by atoms with Crippen LogP contribution in [0, 0.1) is 11.3 Å². The number of nitrogens with zero attached hydrogens (tertiary/aromatic N) is 3. The summed E-state index contributed by atoms with van der Waals surface area (Å²) in [5.74, 6) is 0. The van der Waals surface area contributed by atoms with Crippen molar-refractivity contribution in [2.75, 3.05) is 32.7 Å². The van der Waals surface area contributed by atoms with Crippen LogP contribution in [-0.2, 0) is 0 Å². The average Bonchev–Trinajstić information content (AvgIpc) is 2.29. The van der Waals surface area contributed by atoms with E-state index in [0.717, 1.165) is 39.1 Å². The second-order valence-electron chi connectivity index (χ2n) is 5.02. The molecule has 1 saturated heterocycles. The third-order valence-electron chi connectivity index (χ3n) is 3.38. The minimum atomic E-state index is -0.366. The van der Waals surface area contributed by atoms with Gasteiger partial charge in [0.1, 0.15) is 5.54 Å². The lowest BCUT2D eigenvalue weighted by Crippen LogP contribution is -2.55. The van der Waals surface area contributed by atoms with E-state index in [1.165, 1.54) is 0 Å². The Balaban J connectivity index is 2.37. The standard InChI is InChI=1S/C12H23N3O/c1-4-11(16)9-14-5-7-15(8-6-14)12(2,3)10-13/h11,16H,4-9H2,1-3H3. The molecule has 0 aromatic heterocycles. The van der Waals surface area contributed by atoms with E-state index < -0.39 is 0 Å². The summed E-state index contributed by atoms with van der Waals surface area (Å²) in [6.07, 6.45) is 0.597. The Morgan fingerprint density at radius 2 is 1.88 bits per heavy atom. The van der Waals surface area contributed by atoms with E-state index in [9.17, 15) is 5.11 Å². The molecule has 1 fully saturated rings. The third kappa shape index (κ3) is 3.44. The van der Waals surface area contributed by atoms with Gasteiger partial charge in [0.15, 0.2) is 0 Å². The van der Waals surface area contributed by atoms with Crippen molar-refractivity contribution in [3.63, 3.8) is 0 Å². The quantitative estimate of drug-likeness (QED) is 0.764. The van der Waals surface area contributed by atoms with Crippen molar-refractivity contribution >= 4 is 0 Å². The number of piperazine rings is 1. The minimum absolute atomic E-state index is 0.212. The highest BCUT2D eigenvalue weighted by atomic mass is 16.3. The maximum atomic E-state index is 9.57. The molecular weight excluding hydrogens is 202 g/mol. The number of aliphatic hydroxyl groups excluding tert-OH is 1. The van der Waals surface area contributed by atoms with Gasteiger partial charge in [-0.1, -0.05) is 6.92 Å². The summed E-state index contributed by atoms with van der Waals surface area (Å²) in [6, 6.07) is 2.34. The lowest BCUT2D eigenvalue weighted by atomic mass is 10.0. The van der Waals surface area contributed by atoms with Crippen molar-refractivity contribution in [2.24, 2.45) is 0 Å². The summed E-state index contributed by atoms with van der Waals surface area (Å²) in [5, 5.41) is 18.6. The average molecular weight is 225 g/mol. The molecule has 4 heteroatoms. The Kier molecular flexibility index (Phi) is 4.72. The Morgan fingerprint density at radius 1 is 1.31 bits per heavy atom. The molecule has 1 unspecified atom stereocenters. The van der Waals surface area contributed by atoms with Gasteiger partial charge in [0.05, 0.1) is 12.2 Å². The van der Waals surface area contributed by atoms with E-state index in [0.29, 0.717) is 0 Å². The topological polar surface area (TPSA) is 50.5 Å².